The van der Waals surface area contributed by atoms with Gasteiger partial charge in [-0.15, -0.1) is 0 Å². The molecule has 0 saturated carbocycles. The highest BCUT2D eigenvalue weighted by atomic mass is 16.6. The van der Waals surface area contributed by atoms with E-state index >= 15 is 0 Å². The highest BCUT2D eigenvalue weighted by Crippen LogP contribution is 2.34. The van der Waals surface area contributed by atoms with Crippen LogP contribution in [0.5, 0.6) is 0 Å². The van der Waals surface area contributed by atoms with Crippen molar-refractivity contribution >= 4 is 11.9 Å². The first-order valence-electron chi connectivity index (χ1n) is 11.4. The highest BCUT2D eigenvalue weighted by molar-refractivity contribution is 5.66. The number of ether oxygens (including phenoxy) is 4. The third-order valence-corrected chi connectivity index (χ3v) is 5.89. The molecular formula is C25H42O6. The van der Waals surface area contributed by atoms with Crippen LogP contribution in [0.2, 0.25) is 0 Å². The molecule has 0 N–H and O–H groups in total. The van der Waals surface area contributed by atoms with Gasteiger partial charge in [0, 0.05) is 27.4 Å². The normalized spacial score (nSPS) is 24.7. The molecule has 0 bridgehead atoms. The van der Waals surface area contributed by atoms with Crippen LogP contribution in [0, 0.1) is 5.92 Å². The minimum absolute atomic E-state index is 0.136. The molecule has 1 heterocycles. The lowest BCUT2D eigenvalue weighted by Gasteiger charge is -2.35. The summed E-state index contributed by atoms with van der Waals surface area (Å²) in [5.41, 5.74) is 1.84. The minimum Gasteiger partial charge on any atom is -0.462 e. The van der Waals surface area contributed by atoms with Crippen molar-refractivity contribution in [3.05, 3.63) is 23.3 Å². The molecule has 0 aliphatic carbocycles. The Bertz CT molecular complexity index is 634. The number of carbonyl (C=O) groups excluding carboxylic acids is 2. The molecule has 0 amide bonds. The Morgan fingerprint density at radius 2 is 1.94 bits per heavy atom. The lowest BCUT2D eigenvalue weighted by molar-refractivity contribution is -0.168. The Labute approximate surface area is 188 Å². The van der Waals surface area contributed by atoms with Crippen LogP contribution in [0.4, 0.5) is 0 Å². The van der Waals surface area contributed by atoms with Crippen LogP contribution in [-0.2, 0) is 28.5 Å². The van der Waals surface area contributed by atoms with Crippen LogP contribution in [0.3, 0.4) is 0 Å². The molecule has 0 radical (unpaired) electrons. The number of rotatable bonds is 11. The van der Waals surface area contributed by atoms with E-state index in [0.717, 1.165) is 38.5 Å². The van der Waals surface area contributed by atoms with E-state index in [0.29, 0.717) is 13.2 Å². The van der Waals surface area contributed by atoms with Gasteiger partial charge in [-0.25, -0.2) is 0 Å². The van der Waals surface area contributed by atoms with Crippen molar-refractivity contribution < 1.29 is 28.5 Å². The van der Waals surface area contributed by atoms with Crippen LogP contribution >= 0.6 is 0 Å². The first kappa shape index (κ1) is 27.4. The zero-order valence-electron chi connectivity index (χ0n) is 20.5. The van der Waals surface area contributed by atoms with Gasteiger partial charge in [0.05, 0.1) is 13.2 Å². The second-order valence-corrected chi connectivity index (χ2v) is 9.09. The number of allylic oxidation sites excluding steroid dienone is 1. The van der Waals surface area contributed by atoms with Gasteiger partial charge >= 0.3 is 11.9 Å². The minimum atomic E-state index is -0.551. The van der Waals surface area contributed by atoms with Gasteiger partial charge in [-0.2, -0.15) is 0 Å². The predicted molar refractivity (Wildman–Crippen MR) is 122 cm³/mol. The quantitative estimate of drug-likeness (QED) is 0.328. The molecule has 6 nitrogen and oxygen atoms in total. The Hall–Kier alpha value is -1.66. The van der Waals surface area contributed by atoms with Crippen molar-refractivity contribution in [2.75, 3.05) is 20.3 Å². The Morgan fingerprint density at radius 1 is 1.23 bits per heavy atom. The van der Waals surface area contributed by atoms with E-state index in [4.69, 9.17) is 18.9 Å². The van der Waals surface area contributed by atoms with Gasteiger partial charge in [-0.1, -0.05) is 31.1 Å². The molecule has 0 aromatic carbocycles. The van der Waals surface area contributed by atoms with Crippen molar-refractivity contribution in [3.63, 3.8) is 0 Å². The van der Waals surface area contributed by atoms with E-state index in [1.807, 2.05) is 26.8 Å². The second kappa shape index (κ2) is 13.7. The summed E-state index contributed by atoms with van der Waals surface area (Å²) < 4.78 is 22.7. The molecule has 178 valence electrons. The molecule has 4 atom stereocenters. The molecule has 1 aliphatic rings. The third-order valence-electron chi connectivity index (χ3n) is 5.89. The zero-order valence-corrected chi connectivity index (χ0v) is 20.5. The lowest BCUT2D eigenvalue weighted by Crippen LogP contribution is -2.43. The number of carbonyl (C=O) groups is 2. The standard InChI is InChI=1S/C25H42O6/c1-18(2)10-12-23(30-20(4)26)19(3)9-8-15-25(6)24(31-21(5)27)13-11-22(17-29-25)14-16-28-7/h10,14,19,23-24H,8-9,11-13,15-17H2,1-7H3/b22-14+/t19?,23?,24-,25+/m1/s1. The first-order chi connectivity index (χ1) is 14.6. The summed E-state index contributed by atoms with van der Waals surface area (Å²) in [5, 5.41) is 0. The molecular weight excluding hydrogens is 396 g/mol. The fraction of sp³-hybridized carbons (Fsp3) is 0.760. The summed E-state index contributed by atoms with van der Waals surface area (Å²) in [7, 11) is 1.67. The molecule has 1 aliphatic heterocycles. The average Bonchev–Trinajstić information content (AvgIpc) is 2.82. The van der Waals surface area contributed by atoms with Crippen LogP contribution in [0.15, 0.2) is 23.3 Å². The predicted octanol–water partition coefficient (Wildman–Crippen LogP) is 5.15. The van der Waals surface area contributed by atoms with E-state index < -0.39 is 5.60 Å². The van der Waals surface area contributed by atoms with Gasteiger partial charge in [0.15, 0.2) is 0 Å². The molecule has 2 unspecified atom stereocenters. The van der Waals surface area contributed by atoms with Crippen molar-refractivity contribution in [1.82, 2.24) is 0 Å². The largest absolute Gasteiger partial charge is 0.462 e. The Balaban J connectivity index is 2.79. The zero-order chi connectivity index (χ0) is 23.4. The number of esters is 2. The first-order valence-corrected chi connectivity index (χ1v) is 11.4. The Morgan fingerprint density at radius 3 is 2.52 bits per heavy atom. The topological polar surface area (TPSA) is 71.1 Å². The molecule has 1 rings (SSSR count). The maximum absolute atomic E-state index is 11.7. The van der Waals surface area contributed by atoms with Crippen molar-refractivity contribution in [3.8, 4) is 0 Å². The summed E-state index contributed by atoms with van der Waals surface area (Å²) in [6.07, 6.45) is 8.57. The van der Waals surface area contributed by atoms with Gasteiger partial charge < -0.3 is 18.9 Å². The molecule has 0 aromatic rings. The van der Waals surface area contributed by atoms with Crippen molar-refractivity contribution in [2.24, 2.45) is 5.92 Å². The molecule has 0 spiro atoms. The molecule has 1 fully saturated rings. The van der Waals surface area contributed by atoms with E-state index in [-0.39, 0.29) is 30.1 Å². The van der Waals surface area contributed by atoms with E-state index in [9.17, 15) is 9.59 Å². The van der Waals surface area contributed by atoms with Crippen molar-refractivity contribution in [1.29, 1.82) is 0 Å². The summed E-state index contributed by atoms with van der Waals surface area (Å²) in [6.45, 7) is 12.2. The fourth-order valence-corrected chi connectivity index (χ4v) is 3.95. The summed E-state index contributed by atoms with van der Waals surface area (Å²) in [5.74, 6) is -0.310. The van der Waals surface area contributed by atoms with Gasteiger partial charge in [0.25, 0.3) is 0 Å². The number of hydrogen-bond acceptors (Lipinski definition) is 6. The molecule has 1 saturated heterocycles. The SMILES string of the molecule is COC/C=C1\CC[C@@H](OC(C)=O)[C@](C)(CCCC(C)C(CC=C(C)C)OC(C)=O)OC1. The highest BCUT2D eigenvalue weighted by Gasteiger charge is 2.39. The summed E-state index contributed by atoms with van der Waals surface area (Å²) >= 11 is 0. The van der Waals surface area contributed by atoms with Crippen LogP contribution in [0.1, 0.15) is 80.1 Å². The Kier molecular flexibility index (Phi) is 12.1. The molecule has 0 aromatic heterocycles. The number of methoxy groups -OCH3 is 1. The van der Waals surface area contributed by atoms with Crippen LogP contribution < -0.4 is 0 Å². The lowest BCUT2D eigenvalue weighted by atomic mass is 9.86. The van der Waals surface area contributed by atoms with Gasteiger partial charge in [0.1, 0.15) is 17.8 Å². The monoisotopic (exact) mass is 438 g/mol. The van der Waals surface area contributed by atoms with E-state index in [2.05, 4.69) is 13.0 Å². The van der Waals surface area contributed by atoms with Gasteiger partial charge in [0.2, 0.25) is 0 Å². The van der Waals surface area contributed by atoms with E-state index in [1.54, 1.807) is 7.11 Å². The fourth-order valence-electron chi connectivity index (χ4n) is 3.95. The third kappa shape index (κ3) is 10.5. The van der Waals surface area contributed by atoms with Crippen LogP contribution in [-0.4, -0.2) is 50.1 Å². The molecule has 31 heavy (non-hydrogen) atoms. The maximum atomic E-state index is 11.7. The van der Waals surface area contributed by atoms with E-state index in [1.165, 1.54) is 25.0 Å². The number of hydrogen-bond donors (Lipinski definition) is 0. The molecule has 6 heteroatoms. The van der Waals surface area contributed by atoms with Gasteiger partial charge in [-0.3, -0.25) is 9.59 Å². The summed E-state index contributed by atoms with van der Waals surface area (Å²) in [6, 6.07) is 0. The average molecular weight is 439 g/mol. The van der Waals surface area contributed by atoms with Crippen LogP contribution in [0.25, 0.3) is 0 Å². The smallest absolute Gasteiger partial charge is 0.303 e. The van der Waals surface area contributed by atoms with Crippen molar-refractivity contribution in [2.45, 2.75) is 97.9 Å². The van der Waals surface area contributed by atoms with Gasteiger partial charge in [-0.05, 0) is 57.9 Å². The second-order valence-electron chi connectivity index (χ2n) is 9.09. The maximum Gasteiger partial charge on any atom is 0.303 e. The summed E-state index contributed by atoms with van der Waals surface area (Å²) in [4.78, 5) is 23.2.